The van der Waals surface area contributed by atoms with Crippen molar-refractivity contribution in [2.45, 2.75) is 12.6 Å². The summed E-state index contributed by atoms with van der Waals surface area (Å²) in [7, 11) is 1.63. The number of aromatic nitrogens is 4. The SMILES string of the molecule is COc1ccc([C@H](NC(=O)Cn2nnc(-c3ccccc3)n2)c2ccccc2)cc1. The third-order valence-electron chi connectivity index (χ3n) is 4.66. The molecule has 0 radical (unpaired) electrons. The summed E-state index contributed by atoms with van der Waals surface area (Å²) in [4.78, 5) is 14.1. The third-order valence-corrected chi connectivity index (χ3v) is 4.66. The van der Waals surface area contributed by atoms with Gasteiger partial charge in [-0.1, -0.05) is 72.8 Å². The molecule has 0 fully saturated rings. The van der Waals surface area contributed by atoms with Crippen LogP contribution in [0.5, 0.6) is 5.75 Å². The molecule has 1 atom stereocenters. The molecule has 0 unspecified atom stereocenters. The van der Waals surface area contributed by atoms with E-state index in [4.69, 9.17) is 4.74 Å². The smallest absolute Gasteiger partial charge is 0.244 e. The standard InChI is InChI=1S/C23H21N5O2/c1-30-20-14-12-18(13-15-20)22(17-8-4-2-5-9-17)24-21(29)16-28-26-23(25-27-28)19-10-6-3-7-11-19/h2-15,22H,16H2,1H3,(H,24,29)/t22-/m1/s1. The van der Waals surface area contributed by atoms with E-state index in [1.165, 1.54) is 4.80 Å². The lowest BCUT2D eigenvalue weighted by atomic mass is 9.98. The Balaban J connectivity index is 1.51. The van der Waals surface area contributed by atoms with E-state index in [0.29, 0.717) is 5.82 Å². The fraction of sp³-hybridized carbons (Fsp3) is 0.130. The fourth-order valence-corrected chi connectivity index (χ4v) is 3.15. The van der Waals surface area contributed by atoms with Crippen molar-refractivity contribution >= 4 is 5.91 Å². The number of amides is 1. The van der Waals surface area contributed by atoms with Crippen molar-refractivity contribution in [3.05, 3.63) is 96.1 Å². The summed E-state index contributed by atoms with van der Waals surface area (Å²) in [6, 6.07) is 26.7. The Kier molecular flexibility index (Phi) is 5.80. The largest absolute Gasteiger partial charge is 0.497 e. The molecule has 0 aliphatic carbocycles. The van der Waals surface area contributed by atoms with Crippen molar-refractivity contribution in [1.82, 2.24) is 25.5 Å². The highest BCUT2D eigenvalue weighted by Gasteiger charge is 2.18. The number of methoxy groups -OCH3 is 1. The van der Waals surface area contributed by atoms with E-state index in [1.807, 2.05) is 84.9 Å². The van der Waals surface area contributed by atoms with Gasteiger partial charge in [-0.25, -0.2) is 0 Å². The normalized spacial score (nSPS) is 11.6. The Bertz CT molecular complexity index is 1100. The number of carbonyl (C=O) groups excluding carboxylic acids is 1. The van der Waals surface area contributed by atoms with Crippen LogP contribution < -0.4 is 10.1 Å². The Hall–Kier alpha value is -4.00. The first-order valence-corrected chi connectivity index (χ1v) is 9.54. The number of tetrazole rings is 1. The van der Waals surface area contributed by atoms with Crippen LogP contribution in [0.15, 0.2) is 84.9 Å². The molecule has 4 aromatic rings. The van der Waals surface area contributed by atoms with Gasteiger partial charge >= 0.3 is 0 Å². The molecule has 7 heteroatoms. The van der Waals surface area contributed by atoms with E-state index < -0.39 is 0 Å². The van der Waals surface area contributed by atoms with Gasteiger partial charge in [0.05, 0.1) is 13.2 Å². The summed E-state index contributed by atoms with van der Waals surface area (Å²) < 4.78 is 5.24. The lowest BCUT2D eigenvalue weighted by Gasteiger charge is -2.20. The Morgan fingerprint density at radius 1 is 0.933 bits per heavy atom. The first-order chi connectivity index (χ1) is 14.7. The molecule has 0 saturated carbocycles. The predicted octanol–water partition coefficient (Wildman–Crippen LogP) is 3.25. The number of hydrogen-bond acceptors (Lipinski definition) is 5. The van der Waals surface area contributed by atoms with Gasteiger partial charge in [0, 0.05) is 5.56 Å². The number of carbonyl (C=O) groups is 1. The van der Waals surface area contributed by atoms with Gasteiger partial charge < -0.3 is 10.1 Å². The van der Waals surface area contributed by atoms with Crippen LogP contribution in [0, 0.1) is 0 Å². The molecular formula is C23H21N5O2. The molecule has 0 saturated heterocycles. The van der Waals surface area contributed by atoms with Crippen LogP contribution in [0.1, 0.15) is 17.2 Å². The predicted molar refractivity (Wildman–Crippen MR) is 113 cm³/mol. The number of nitrogens with zero attached hydrogens (tertiary/aromatic N) is 4. The van der Waals surface area contributed by atoms with Crippen molar-refractivity contribution in [3.63, 3.8) is 0 Å². The first kappa shape index (κ1) is 19.3. The number of ether oxygens (including phenoxy) is 1. The molecule has 0 aliphatic heterocycles. The quantitative estimate of drug-likeness (QED) is 0.516. The van der Waals surface area contributed by atoms with E-state index in [0.717, 1.165) is 22.4 Å². The summed E-state index contributed by atoms with van der Waals surface area (Å²) >= 11 is 0. The molecule has 1 amide bonds. The van der Waals surface area contributed by atoms with Crippen molar-refractivity contribution in [1.29, 1.82) is 0 Å². The second-order valence-electron chi connectivity index (χ2n) is 6.69. The van der Waals surface area contributed by atoms with Crippen LogP contribution in [0.4, 0.5) is 0 Å². The van der Waals surface area contributed by atoms with E-state index in [9.17, 15) is 4.79 Å². The van der Waals surface area contributed by atoms with Gasteiger partial charge in [0.25, 0.3) is 0 Å². The highest BCUT2D eigenvalue weighted by atomic mass is 16.5. The van der Waals surface area contributed by atoms with Gasteiger partial charge in [0.1, 0.15) is 12.3 Å². The maximum atomic E-state index is 12.8. The Morgan fingerprint density at radius 2 is 1.57 bits per heavy atom. The minimum Gasteiger partial charge on any atom is -0.497 e. The minimum atomic E-state index is -0.304. The summed E-state index contributed by atoms with van der Waals surface area (Å²) in [5.41, 5.74) is 2.78. The Labute approximate surface area is 174 Å². The van der Waals surface area contributed by atoms with Crippen molar-refractivity contribution in [2.75, 3.05) is 7.11 Å². The molecule has 150 valence electrons. The molecule has 4 rings (SSSR count). The minimum absolute atomic E-state index is 0.0285. The molecule has 0 aliphatic rings. The molecule has 0 spiro atoms. The monoisotopic (exact) mass is 399 g/mol. The molecule has 7 nitrogen and oxygen atoms in total. The zero-order valence-electron chi connectivity index (χ0n) is 16.5. The average molecular weight is 399 g/mol. The van der Waals surface area contributed by atoms with Crippen molar-refractivity contribution in [3.8, 4) is 17.1 Å². The highest BCUT2D eigenvalue weighted by molar-refractivity contribution is 5.76. The van der Waals surface area contributed by atoms with E-state index in [2.05, 4.69) is 20.7 Å². The molecule has 30 heavy (non-hydrogen) atoms. The number of nitrogens with one attached hydrogen (secondary N) is 1. The van der Waals surface area contributed by atoms with Crippen molar-refractivity contribution in [2.24, 2.45) is 0 Å². The maximum absolute atomic E-state index is 12.8. The van der Waals surface area contributed by atoms with Gasteiger partial charge in [0.15, 0.2) is 0 Å². The summed E-state index contributed by atoms with van der Waals surface area (Å²) in [5.74, 6) is 1.03. The average Bonchev–Trinajstić information content (AvgIpc) is 3.27. The zero-order chi connectivity index (χ0) is 20.8. The summed E-state index contributed by atoms with van der Waals surface area (Å²) in [5, 5.41) is 15.4. The molecule has 1 N–H and O–H groups in total. The first-order valence-electron chi connectivity index (χ1n) is 9.54. The van der Waals surface area contributed by atoms with E-state index in [-0.39, 0.29) is 18.5 Å². The van der Waals surface area contributed by atoms with Crippen LogP contribution in [0.25, 0.3) is 11.4 Å². The van der Waals surface area contributed by atoms with E-state index >= 15 is 0 Å². The molecule has 1 heterocycles. The molecule has 1 aromatic heterocycles. The van der Waals surface area contributed by atoms with Crippen LogP contribution >= 0.6 is 0 Å². The van der Waals surface area contributed by atoms with Gasteiger partial charge in [-0.05, 0) is 28.5 Å². The summed E-state index contributed by atoms with van der Waals surface area (Å²) in [6.45, 7) is -0.0285. The van der Waals surface area contributed by atoms with Gasteiger partial charge in [0.2, 0.25) is 11.7 Å². The third kappa shape index (κ3) is 4.52. The second kappa shape index (κ2) is 9.00. The van der Waals surface area contributed by atoms with Crippen molar-refractivity contribution < 1.29 is 9.53 Å². The lowest BCUT2D eigenvalue weighted by Crippen LogP contribution is -2.32. The van der Waals surface area contributed by atoms with Gasteiger partial charge in [-0.15, -0.1) is 10.2 Å². The highest BCUT2D eigenvalue weighted by Crippen LogP contribution is 2.24. The van der Waals surface area contributed by atoms with Crippen LogP contribution in [-0.2, 0) is 11.3 Å². The second-order valence-corrected chi connectivity index (χ2v) is 6.69. The topological polar surface area (TPSA) is 81.9 Å². The maximum Gasteiger partial charge on any atom is 0.244 e. The zero-order valence-corrected chi connectivity index (χ0v) is 16.5. The molecule has 3 aromatic carbocycles. The Morgan fingerprint density at radius 3 is 2.23 bits per heavy atom. The lowest BCUT2D eigenvalue weighted by molar-refractivity contribution is -0.122. The van der Waals surface area contributed by atoms with Gasteiger partial charge in [-0.2, -0.15) is 4.80 Å². The van der Waals surface area contributed by atoms with Crippen LogP contribution in [0.2, 0.25) is 0 Å². The fourth-order valence-electron chi connectivity index (χ4n) is 3.15. The van der Waals surface area contributed by atoms with E-state index in [1.54, 1.807) is 7.11 Å². The summed E-state index contributed by atoms with van der Waals surface area (Å²) in [6.07, 6.45) is 0. The number of benzene rings is 3. The number of hydrogen-bond donors (Lipinski definition) is 1. The molecular weight excluding hydrogens is 378 g/mol. The van der Waals surface area contributed by atoms with Crippen LogP contribution in [0.3, 0.4) is 0 Å². The van der Waals surface area contributed by atoms with Gasteiger partial charge in [-0.3, -0.25) is 4.79 Å². The number of rotatable bonds is 7. The molecule has 0 bridgehead atoms. The van der Waals surface area contributed by atoms with Crippen LogP contribution in [-0.4, -0.2) is 33.2 Å².